The van der Waals surface area contributed by atoms with E-state index in [0.717, 1.165) is 11.5 Å². The molecule has 0 spiro atoms. The first-order chi connectivity index (χ1) is 10.6. The van der Waals surface area contributed by atoms with Gasteiger partial charge in [0.25, 0.3) is 0 Å². The van der Waals surface area contributed by atoms with Gasteiger partial charge in [0.2, 0.25) is 0 Å². The predicted molar refractivity (Wildman–Crippen MR) is 78.3 cm³/mol. The molecule has 0 fully saturated rings. The lowest BCUT2D eigenvalue weighted by molar-refractivity contribution is -0.143. The average molecular weight is 308 g/mol. The van der Waals surface area contributed by atoms with E-state index >= 15 is 0 Å². The molecule has 0 aliphatic rings. The zero-order chi connectivity index (χ0) is 16.2. The largest absolute Gasteiger partial charge is 0.481 e. The Hall–Kier alpha value is -2.50. The molecule has 0 saturated heterocycles. The third-order valence-electron chi connectivity index (χ3n) is 2.63. The number of hydrogen-bond donors (Lipinski definition) is 1. The van der Waals surface area contributed by atoms with Crippen molar-refractivity contribution in [3.8, 4) is 0 Å². The van der Waals surface area contributed by atoms with Crippen molar-refractivity contribution < 1.29 is 28.3 Å². The summed E-state index contributed by atoms with van der Waals surface area (Å²) in [5.41, 5.74) is 0. The van der Waals surface area contributed by atoms with Gasteiger partial charge < -0.3 is 18.7 Å². The van der Waals surface area contributed by atoms with E-state index < -0.39 is 5.97 Å². The molecule has 2 aromatic rings. The van der Waals surface area contributed by atoms with Crippen molar-refractivity contribution in [1.82, 2.24) is 0 Å². The van der Waals surface area contributed by atoms with Crippen LogP contribution in [0.3, 0.4) is 0 Å². The van der Waals surface area contributed by atoms with Crippen molar-refractivity contribution in [1.29, 1.82) is 0 Å². The molecule has 0 bridgehead atoms. The molecule has 0 aliphatic heterocycles. The van der Waals surface area contributed by atoms with Gasteiger partial charge in [-0.05, 0) is 31.2 Å². The molecule has 1 N–H and O–H groups in total. The van der Waals surface area contributed by atoms with Gasteiger partial charge in [-0.2, -0.15) is 0 Å². The Morgan fingerprint density at radius 2 is 1.59 bits per heavy atom. The summed E-state index contributed by atoms with van der Waals surface area (Å²) >= 11 is 0. The lowest BCUT2D eigenvalue weighted by atomic mass is 10.2. The quantitative estimate of drug-likeness (QED) is 0.791. The van der Waals surface area contributed by atoms with Gasteiger partial charge in [0.15, 0.2) is 0 Å². The van der Waals surface area contributed by atoms with Crippen LogP contribution in [0.2, 0.25) is 0 Å². The van der Waals surface area contributed by atoms with Crippen LogP contribution in [-0.2, 0) is 27.2 Å². The number of esters is 1. The van der Waals surface area contributed by atoms with Crippen molar-refractivity contribution in [2.45, 2.75) is 32.6 Å². The Labute approximate surface area is 128 Å². The molecule has 2 heterocycles. The summed E-state index contributed by atoms with van der Waals surface area (Å²) in [5.74, 6) is 0.579. The van der Waals surface area contributed by atoms with E-state index in [1.165, 1.54) is 6.26 Å². The fourth-order valence-corrected chi connectivity index (χ4v) is 1.60. The lowest BCUT2D eigenvalue weighted by Gasteiger charge is -1.98. The molecule has 0 saturated carbocycles. The van der Waals surface area contributed by atoms with E-state index in [1.807, 2.05) is 6.07 Å². The van der Waals surface area contributed by atoms with Crippen LogP contribution >= 0.6 is 0 Å². The Kier molecular flexibility index (Phi) is 8.18. The second-order valence-electron chi connectivity index (χ2n) is 4.36. The smallest absolute Gasteiger partial charge is 0.306 e. The SMILES string of the molecule is CCOC(=O)CCc1ccco1.O=C(O)CCc1ccco1. The first kappa shape index (κ1) is 17.6. The fourth-order valence-electron chi connectivity index (χ4n) is 1.60. The van der Waals surface area contributed by atoms with E-state index in [9.17, 15) is 9.59 Å². The minimum Gasteiger partial charge on any atom is -0.481 e. The number of carbonyl (C=O) groups excluding carboxylic acids is 1. The highest BCUT2D eigenvalue weighted by Gasteiger charge is 2.03. The Morgan fingerprint density at radius 3 is 2.00 bits per heavy atom. The minimum atomic E-state index is -0.795. The molecule has 0 radical (unpaired) electrons. The van der Waals surface area contributed by atoms with Crippen molar-refractivity contribution in [3.63, 3.8) is 0 Å². The van der Waals surface area contributed by atoms with Gasteiger partial charge in [-0.25, -0.2) is 0 Å². The third-order valence-corrected chi connectivity index (χ3v) is 2.63. The molecule has 0 atom stereocenters. The van der Waals surface area contributed by atoms with Gasteiger partial charge in [0, 0.05) is 12.8 Å². The second-order valence-corrected chi connectivity index (χ2v) is 4.36. The monoisotopic (exact) mass is 308 g/mol. The summed E-state index contributed by atoms with van der Waals surface area (Å²) in [5, 5.41) is 8.27. The van der Waals surface area contributed by atoms with Gasteiger partial charge in [0.05, 0.1) is 32.0 Å². The molecule has 6 heteroatoms. The van der Waals surface area contributed by atoms with Crippen LogP contribution in [0.25, 0.3) is 0 Å². The highest BCUT2D eigenvalue weighted by atomic mass is 16.5. The number of carbonyl (C=O) groups is 2. The third kappa shape index (κ3) is 7.94. The molecule has 22 heavy (non-hydrogen) atoms. The maximum absolute atomic E-state index is 10.9. The van der Waals surface area contributed by atoms with Gasteiger partial charge in [-0.1, -0.05) is 0 Å². The number of aryl methyl sites for hydroxylation is 2. The summed E-state index contributed by atoms with van der Waals surface area (Å²) in [6, 6.07) is 7.17. The number of ether oxygens (including phenoxy) is 1. The van der Waals surface area contributed by atoms with Crippen LogP contribution < -0.4 is 0 Å². The molecule has 0 unspecified atom stereocenters. The van der Waals surface area contributed by atoms with E-state index in [0.29, 0.717) is 25.9 Å². The summed E-state index contributed by atoms with van der Waals surface area (Å²) in [6.45, 7) is 2.24. The molecule has 6 nitrogen and oxygen atoms in total. The molecular weight excluding hydrogens is 288 g/mol. The van der Waals surface area contributed by atoms with E-state index in [2.05, 4.69) is 0 Å². The van der Waals surface area contributed by atoms with Crippen LogP contribution in [0.15, 0.2) is 45.6 Å². The van der Waals surface area contributed by atoms with Crippen LogP contribution in [0.1, 0.15) is 31.3 Å². The summed E-state index contributed by atoms with van der Waals surface area (Å²) in [6.07, 6.45) is 4.75. The van der Waals surface area contributed by atoms with Gasteiger partial charge in [-0.15, -0.1) is 0 Å². The molecule has 0 aliphatic carbocycles. The summed E-state index contributed by atoms with van der Waals surface area (Å²) in [7, 11) is 0. The number of hydrogen-bond acceptors (Lipinski definition) is 5. The topological polar surface area (TPSA) is 89.9 Å². The first-order valence-electron chi connectivity index (χ1n) is 7.04. The van der Waals surface area contributed by atoms with Crippen LogP contribution in [0.4, 0.5) is 0 Å². The standard InChI is InChI=1S/C9H12O3.C7H8O3/c1-2-11-9(10)6-5-8-4-3-7-12-8;8-7(9)4-3-6-2-1-5-10-6/h3-4,7H,2,5-6H2,1H3;1-2,5H,3-4H2,(H,8,9). The zero-order valence-electron chi connectivity index (χ0n) is 12.5. The molecule has 0 amide bonds. The summed E-state index contributed by atoms with van der Waals surface area (Å²) in [4.78, 5) is 20.9. The van der Waals surface area contributed by atoms with E-state index in [4.69, 9.17) is 18.7 Å². The van der Waals surface area contributed by atoms with Crippen molar-refractivity contribution in [2.75, 3.05) is 6.61 Å². The van der Waals surface area contributed by atoms with E-state index in [-0.39, 0.29) is 12.4 Å². The van der Waals surface area contributed by atoms with E-state index in [1.54, 1.807) is 31.4 Å². The molecule has 0 aromatic carbocycles. The number of rotatable bonds is 7. The van der Waals surface area contributed by atoms with Crippen molar-refractivity contribution in [3.05, 3.63) is 48.3 Å². The van der Waals surface area contributed by atoms with Gasteiger partial charge in [0.1, 0.15) is 11.5 Å². The molecule has 2 rings (SSSR count). The van der Waals surface area contributed by atoms with Crippen LogP contribution in [0.5, 0.6) is 0 Å². The molecular formula is C16H20O6. The maximum atomic E-state index is 10.9. The predicted octanol–water partition coefficient (Wildman–Crippen LogP) is 3.07. The maximum Gasteiger partial charge on any atom is 0.306 e. The molecule has 120 valence electrons. The fraction of sp³-hybridized carbons (Fsp3) is 0.375. The lowest BCUT2D eigenvalue weighted by Crippen LogP contribution is -2.04. The normalized spacial score (nSPS) is 9.68. The number of aliphatic carboxylic acids is 1. The van der Waals surface area contributed by atoms with Gasteiger partial charge in [-0.3, -0.25) is 9.59 Å². The Morgan fingerprint density at radius 1 is 1.05 bits per heavy atom. The first-order valence-corrected chi connectivity index (χ1v) is 7.04. The second kappa shape index (κ2) is 10.3. The van der Waals surface area contributed by atoms with Gasteiger partial charge >= 0.3 is 11.9 Å². The van der Waals surface area contributed by atoms with Crippen LogP contribution in [0, 0.1) is 0 Å². The highest BCUT2D eigenvalue weighted by Crippen LogP contribution is 2.04. The van der Waals surface area contributed by atoms with Crippen molar-refractivity contribution >= 4 is 11.9 Å². The average Bonchev–Trinajstić information content (AvgIpc) is 3.17. The number of carboxylic acid groups (broad SMARTS) is 1. The zero-order valence-corrected chi connectivity index (χ0v) is 12.5. The Bertz CT molecular complexity index is 527. The number of carboxylic acids is 1. The summed E-state index contributed by atoms with van der Waals surface area (Å²) < 4.78 is 14.7. The van der Waals surface area contributed by atoms with Crippen LogP contribution in [-0.4, -0.2) is 23.7 Å². The highest BCUT2D eigenvalue weighted by molar-refractivity contribution is 5.69. The number of furan rings is 2. The van der Waals surface area contributed by atoms with Crippen molar-refractivity contribution in [2.24, 2.45) is 0 Å². The minimum absolute atomic E-state index is 0.132. The Balaban J connectivity index is 0.000000224. The molecule has 2 aromatic heterocycles.